The molecule has 0 aliphatic rings. The summed E-state index contributed by atoms with van der Waals surface area (Å²) in [4.78, 5) is 12.6. The minimum absolute atomic E-state index is 0.0844. The number of hydrogen-bond donors (Lipinski definition) is 2. The first-order valence-electron chi connectivity index (χ1n) is 8.41. The van der Waals surface area contributed by atoms with E-state index in [1.807, 2.05) is 55.5 Å². The van der Waals surface area contributed by atoms with Crippen LogP contribution in [0.15, 0.2) is 72.8 Å². The third-order valence-electron chi connectivity index (χ3n) is 4.28. The summed E-state index contributed by atoms with van der Waals surface area (Å²) in [6.45, 7) is 1.99. The summed E-state index contributed by atoms with van der Waals surface area (Å²) in [6.07, 6.45) is 0.246. The number of nitrogens with one attached hydrogen (secondary N) is 1. The van der Waals surface area contributed by atoms with Crippen LogP contribution in [0.5, 0.6) is 5.75 Å². The maximum atomic E-state index is 12.6. The predicted octanol–water partition coefficient (Wildman–Crippen LogP) is 4.80. The number of hydrogen-bond acceptors (Lipinski definition) is 2. The molecule has 0 heterocycles. The van der Waals surface area contributed by atoms with Gasteiger partial charge in [0.1, 0.15) is 5.75 Å². The standard InChI is InChI=1S/C22H20ClNO2/c1-15-13-18(23)9-12-20(15)22(17-5-3-2-4-6-17)24-21(26)14-16-7-10-19(25)11-8-16/h2-13,22,25H,14H2,1H3,(H,24,26). The first kappa shape index (κ1) is 18.0. The van der Waals surface area contributed by atoms with Crippen molar-refractivity contribution >= 4 is 17.5 Å². The van der Waals surface area contributed by atoms with Crippen LogP contribution in [0, 0.1) is 6.92 Å². The number of amides is 1. The van der Waals surface area contributed by atoms with Crippen molar-refractivity contribution in [1.29, 1.82) is 0 Å². The Kier molecular flexibility index (Phi) is 5.59. The fourth-order valence-corrected chi connectivity index (χ4v) is 3.19. The van der Waals surface area contributed by atoms with E-state index in [1.54, 1.807) is 24.3 Å². The average Bonchev–Trinajstić information content (AvgIpc) is 2.63. The van der Waals surface area contributed by atoms with Crippen molar-refractivity contribution in [3.63, 3.8) is 0 Å². The van der Waals surface area contributed by atoms with Gasteiger partial charge in [-0.05, 0) is 53.4 Å². The minimum atomic E-state index is -0.252. The van der Waals surface area contributed by atoms with Crippen LogP contribution in [0.1, 0.15) is 28.3 Å². The first-order valence-corrected chi connectivity index (χ1v) is 8.79. The van der Waals surface area contributed by atoms with E-state index in [0.717, 1.165) is 22.3 Å². The molecule has 0 saturated heterocycles. The number of halogens is 1. The zero-order chi connectivity index (χ0) is 18.5. The molecular weight excluding hydrogens is 346 g/mol. The number of aryl methyl sites for hydroxylation is 1. The van der Waals surface area contributed by atoms with E-state index in [1.165, 1.54) is 0 Å². The van der Waals surface area contributed by atoms with E-state index in [4.69, 9.17) is 11.6 Å². The van der Waals surface area contributed by atoms with Gasteiger partial charge in [0, 0.05) is 5.02 Å². The van der Waals surface area contributed by atoms with Crippen molar-refractivity contribution < 1.29 is 9.90 Å². The molecule has 0 aliphatic heterocycles. The number of rotatable bonds is 5. The van der Waals surface area contributed by atoms with Gasteiger partial charge in [-0.3, -0.25) is 4.79 Å². The van der Waals surface area contributed by atoms with Gasteiger partial charge >= 0.3 is 0 Å². The molecule has 3 rings (SSSR count). The molecule has 0 spiro atoms. The monoisotopic (exact) mass is 365 g/mol. The highest BCUT2D eigenvalue weighted by molar-refractivity contribution is 6.30. The highest BCUT2D eigenvalue weighted by Gasteiger charge is 2.19. The van der Waals surface area contributed by atoms with Crippen LogP contribution in [-0.4, -0.2) is 11.0 Å². The third kappa shape index (κ3) is 4.44. The lowest BCUT2D eigenvalue weighted by Gasteiger charge is -2.22. The van der Waals surface area contributed by atoms with Crippen LogP contribution < -0.4 is 5.32 Å². The molecule has 26 heavy (non-hydrogen) atoms. The second-order valence-corrected chi connectivity index (χ2v) is 6.69. The Bertz CT molecular complexity index is 892. The molecule has 1 unspecified atom stereocenters. The largest absolute Gasteiger partial charge is 0.508 e. The molecule has 4 heteroatoms. The molecule has 0 bridgehead atoms. The summed E-state index contributed by atoms with van der Waals surface area (Å²) in [5.41, 5.74) is 3.90. The summed E-state index contributed by atoms with van der Waals surface area (Å²) in [7, 11) is 0. The van der Waals surface area contributed by atoms with E-state index in [2.05, 4.69) is 5.32 Å². The Morgan fingerprint density at radius 3 is 2.38 bits per heavy atom. The topological polar surface area (TPSA) is 49.3 Å². The lowest BCUT2D eigenvalue weighted by atomic mass is 9.94. The number of carbonyl (C=O) groups is 1. The first-order chi connectivity index (χ1) is 12.5. The Morgan fingerprint density at radius 2 is 1.73 bits per heavy atom. The molecule has 0 saturated carbocycles. The molecule has 1 amide bonds. The zero-order valence-corrected chi connectivity index (χ0v) is 15.2. The molecule has 0 fully saturated rings. The highest BCUT2D eigenvalue weighted by atomic mass is 35.5. The highest BCUT2D eigenvalue weighted by Crippen LogP contribution is 2.27. The fourth-order valence-electron chi connectivity index (χ4n) is 2.96. The number of phenolic OH excluding ortho intramolecular Hbond substituents is 1. The second kappa shape index (κ2) is 8.07. The van der Waals surface area contributed by atoms with Crippen molar-refractivity contribution in [2.75, 3.05) is 0 Å². The van der Waals surface area contributed by atoms with Crippen molar-refractivity contribution in [2.24, 2.45) is 0 Å². The van der Waals surface area contributed by atoms with Gasteiger partial charge in [-0.15, -0.1) is 0 Å². The lowest BCUT2D eigenvalue weighted by molar-refractivity contribution is -0.120. The van der Waals surface area contributed by atoms with Crippen LogP contribution in [-0.2, 0) is 11.2 Å². The van der Waals surface area contributed by atoms with E-state index >= 15 is 0 Å². The number of phenols is 1. The van der Waals surface area contributed by atoms with Crippen molar-refractivity contribution in [3.8, 4) is 5.75 Å². The van der Waals surface area contributed by atoms with Crippen LogP contribution in [0.4, 0.5) is 0 Å². The molecule has 3 nitrogen and oxygen atoms in total. The Labute approximate surface area is 158 Å². The number of aromatic hydroxyl groups is 1. The minimum Gasteiger partial charge on any atom is -0.508 e. The summed E-state index contributed by atoms with van der Waals surface area (Å²) in [5, 5.41) is 13.2. The van der Waals surface area contributed by atoms with Crippen molar-refractivity contribution in [2.45, 2.75) is 19.4 Å². The van der Waals surface area contributed by atoms with Gasteiger partial charge in [-0.1, -0.05) is 60.1 Å². The fraction of sp³-hybridized carbons (Fsp3) is 0.136. The van der Waals surface area contributed by atoms with Gasteiger partial charge in [-0.25, -0.2) is 0 Å². The Balaban J connectivity index is 1.86. The van der Waals surface area contributed by atoms with E-state index in [-0.39, 0.29) is 24.1 Å². The molecule has 3 aromatic rings. The Morgan fingerprint density at radius 1 is 1.04 bits per heavy atom. The van der Waals surface area contributed by atoms with Gasteiger partial charge in [0.2, 0.25) is 5.91 Å². The van der Waals surface area contributed by atoms with Gasteiger partial charge in [0.25, 0.3) is 0 Å². The molecule has 0 aliphatic carbocycles. The molecular formula is C22H20ClNO2. The van der Waals surface area contributed by atoms with Crippen LogP contribution in [0.3, 0.4) is 0 Å². The summed E-state index contributed by atoms with van der Waals surface area (Å²) >= 11 is 6.09. The second-order valence-electron chi connectivity index (χ2n) is 6.26. The molecule has 3 aromatic carbocycles. The zero-order valence-electron chi connectivity index (χ0n) is 14.4. The smallest absolute Gasteiger partial charge is 0.225 e. The van der Waals surface area contributed by atoms with Crippen molar-refractivity contribution in [1.82, 2.24) is 5.32 Å². The van der Waals surface area contributed by atoms with Gasteiger partial charge in [-0.2, -0.15) is 0 Å². The molecule has 0 aromatic heterocycles. The van der Waals surface area contributed by atoms with Gasteiger partial charge in [0.05, 0.1) is 12.5 Å². The number of carbonyl (C=O) groups excluding carboxylic acids is 1. The van der Waals surface area contributed by atoms with E-state index in [9.17, 15) is 9.90 Å². The maximum absolute atomic E-state index is 12.6. The van der Waals surface area contributed by atoms with Crippen LogP contribution in [0.25, 0.3) is 0 Å². The summed E-state index contributed by atoms with van der Waals surface area (Å²) < 4.78 is 0. The summed E-state index contributed by atoms with van der Waals surface area (Å²) in [5.74, 6) is 0.104. The maximum Gasteiger partial charge on any atom is 0.225 e. The summed E-state index contributed by atoms with van der Waals surface area (Å²) in [6, 6.07) is 22.0. The van der Waals surface area contributed by atoms with E-state index in [0.29, 0.717) is 5.02 Å². The quantitative estimate of drug-likeness (QED) is 0.682. The normalized spacial score (nSPS) is 11.8. The lowest BCUT2D eigenvalue weighted by Crippen LogP contribution is -2.31. The van der Waals surface area contributed by atoms with Crippen LogP contribution in [0.2, 0.25) is 5.02 Å². The molecule has 2 N–H and O–H groups in total. The molecule has 0 radical (unpaired) electrons. The average molecular weight is 366 g/mol. The number of benzene rings is 3. The van der Waals surface area contributed by atoms with Gasteiger partial charge < -0.3 is 10.4 Å². The van der Waals surface area contributed by atoms with Crippen LogP contribution >= 0.6 is 11.6 Å². The van der Waals surface area contributed by atoms with Crippen molar-refractivity contribution in [3.05, 3.63) is 100 Å². The predicted molar refractivity (Wildman–Crippen MR) is 104 cm³/mol. The van der Waals surface area contributed by atoms with E-state index < -0.39 is 0 Å². The molecule has 132 valence electrons. The molecule has 1 atom stereocenters. The third-order valence-corrected chi connectivity index (χ3v) is 4.52. The Hall–Kier alpha value is -2.78. The van der Waals surface area contributed by atoms with Gasteiger partial charge in [0.15, 0.2) is 0 Å². The SMILES string of the molecule is Cc1cc(Cl)ccc1C(NC(=O)Cc1ccc(O)cc1)c1ccccc1.